The quantitative estimate of drug-likeness (QED) is 0.677. The van der Waals surface area contributed by atoms with Crippen molar-refractivity contribution in [2.45, 2.75) is 58.9 Å². The van der Waals surface area contributed by atoms with Gasteiger partial charge in [0, 0.05) is 12.0 Å². The third kappa shape index (κ3) is 3.17. The first kappa shape index (κ1) is 18.6. The minimum absolute atomic E-state index is 0.0308. The van der Waals surface area contributed by atoms with Crippen LogP contribution in [0.4, 0.5) is 0 Å². The van der Waals surface area contributed by atoms with Crippen molar-refractivity contribution in [1.82, 2.24) is 24.5 Å². The van der Waals surface area contributed by atoms with Crippen molar-refractivity contribution in [1.29, 1.82) is 0 Å². The normalized spacial score (nSPS) is 17.5. The zero-order valence-electron chi connectivity index (χ0n) is 17.2. The second-order valence-corrected chi connectivity index (χ2v) is 8.75. The minimum Gasteiger partial charge on any atom is -0.330 e. The standard InChI is InChI=1S/C22H27N5O/c1-14-8-9-16(11-15(14)2)18-7-6-10-26(18)20(28)17-12-19(22(3,4)5)27-21(25-17)23-13-24-27/h8-9,11-13,18H,6-7,10H2,1-5H3. The summed E-state index contributed by atoms with van der Waals surface area (Å²) < 4.78 is 1.72. The van der Waals surface area contributed by atoms with Gasteiger partial charge >= 0.3 is 0 Å². The topological polar surface area (TPSA) is 63.4 Å². The van der Waals surface area contributed by atoms with Crippen molar-refractivity contribution in [2.75, 3.05) is 6.54 Å². The summed E-state index contributed by atoms with van der Waals surface area (Å²) in [6, 6.07) is 8.47. The number of benzene rings is 1. The van der Waals surface area contributed by atoms with Crippen LogP contribution in [0, 0.1) is 13.8 Å². The van der Waals surface area contributed by atoms with E-state index in [-0.39, 0.29) is 17.4 Å². The predicted molar refractivity (Wildman–Crippen MR) is 108 cm³/mol. The van der Waals surface area contributed by atoms with E-state index in [2.05, 4.69) is 67.9 Å². The Kier molecular flexibility index (Phi) is 4.44. The number of amides is 1. The van der Waals surface area contributed by atoms with Crippen molar-refractivity contribution in [3.05, 3.63) is 58.7 Å². The molecule has 3 heterocycles. The lowest BCUT2D eigenvalue weighted by Crippen LogP contribution is -2.32. The molecule has 0 bridgehead atoms. The van der Waals surface area contributed by atoms with Crippen LogP contribution in [0.1, 0.15) is 72.5 Å². The van der Waals surface area contributed by atoms with Crippen LogP contribution in [0.15, 0.2) is 30.6 Å². The molecule has 1 aliphatic rings. The van der Waals surface area contributed by atoms with Gasteiger partial charge in [-0.05, 0) is 49.4 Å². The SMILES string of the molecule is Cc1ccc(C2CCCN2C(=O)c2cc(C(C)(C)C)n3ncnc3n2)cc1C. The van der Waals surface area contributed by atoms with Gasteiger partial charge in [-0.2, -0.15) is 10.1 Å². The molecule has 6 nitrogen and oxygen atoms in total. The Morgan fingerprint density at radius 3 is 2.64 bits per heavy atom. The summed E-state index contributed by atoms with van der Waals surface area (Å²) in [7, 11) is 0. The molecule has 1 aliphatic heterocycles. The molecule has 1 atom stereocenters. The van der Waals surface area contributed by atoms with E-state index in [1.807, 2.05) is 11.0 Å². The Bertz CT molecular complexity index is 1050. The molecule has 0 saturated carbocycles. The number of fused-ring (bicyclic) bond motifs is 1. The van der Waals surface area contributed by atoms with Gasteiger partial charge in [-0.25, -0.2) is 9.50 Å². The number of carbonyl (C=O) groups excluding carboxylic acids is 1. The van der Waals surface area contributed by atoms with E-state index in [1.54, 1.807) is 4.52 Å². The van der Waals surface area contributed by atoms with Gasteiger partial charge < -0.3 is 4.90 Å². The molecule has 146 valence electrons. The number of carbonyl (C=O) groups is 1. The summed E-state index contributed by atoms with van der Waals surface area (Å²) in [5, 5.41) is 4.28. The molecule has 1 saturated heterocycles. The third-order valence-electron chi connectivity index (χ3n) is 5.67. The summed E-state index contributed by atoms with van der Waals surface area (Å²) in [5.41, 5.74) is 4.93. The molecule has 0 aliphatic carbocycles. The van der Waals surface area contributed by atoms with Crippen LogP contribution in [-0.4, -0.2) is 36.9 Å². The monoisotopic (exact) mass is 377 g/mol. The highest BCUT2D eigenvalue weighted by molar-refractivity contribution is 5.93. The van der Waals surface area contributed by atoms with E-state index in [1.165, 1.54) is 23.0 Å². The van der Waals surface area contributed by atoms with Crippen LogP contribution < -0.4 is 0 Å². The predicted octanol–water partition coefficient (Wildman–Crippen LogP) is 4.02. The van der Waals surface area contributed by atoms with Crippen molar-refractivity contribution in [2.24, 2.45) is 0 Å². The number of aromatic nitrogens is 4. The van der Waals surface area contributed by atoms with E-state index in [4.69, 9.17) is 0 Å². The van der Waals surface area contributed by atoms with E-state index >= 15 is 0 Å². The van der Waals surface area contributed by atoms with E-state index < -0.39 is 0 Å². The van der Waals surface area contributed by atoms with Gasteiger partial charge in [0.15, 0.2) is 0 Å². The highest BCUT2D eigenvalue weighted by Crippen LogP contribution is 2.34. The van der Waals surface area contributed by atoms with Gasteiger partial charge in [-0.15, -0.1) is 0 Å². The molecular formula is C22H27N5O. The fourth-order valence-corrected chi connectivity index (χ4v) is 3.93. The number of likely N-dealkylation sites (tertiary alicyclic amines) is 1. The van der Waals surface area contributed by atoms with Crippen LogP contribution in [0.5, 0.6) is 0 Å². The summed E-state index contributed by atoms with van der Waals surface area (Å²) in [6.07, 6.45) is 3.47. The van der Waals surface area contributed by atoms with E-state index in [0.717, 1.165) is 25.1 Å². The van der Waals surface area contributed by atoms with E-state index in [0.29, 0.717) is 11.5 Å². The van der Waals surface area contributed by atoms with Gasteiger partial charge in [-0.3, -0.25) is 4.79 Å². The number of aryl methyl sites for hydroxylation is 2. The van der Waals surface area contributed by atoms with Gasteiger partial charge in [0.05, 0.1) is 11.7 Å². The summed E-state index contributed by atoms with van der Waals surface area (Å²) >= 11 is 0. The summed E-state index contributed by atoms with van der Waals surface area (Å²) in [4.78, 5) is 24.1. The molecule has 0 N–H and O–H groups in total. The molecule has 28 heavy (non-hydrogen) atoms. The lowest BCUT2D eigenvalue weighted by Gasteiger charge is -2.26. The Hall–Kier alpha value is -2.76. The molecule has 1 aromatic carbocycles. The molecule has 1 unspecified atom stereocenters. The van der Waals surface area contributed by atoms with Crippen LogP contribution in [0.2, 0.25) is 0 Å². The molecule has 0 spiro atoms. The average Bonchev–Trinajstić information content (AvgIpc) is 3.30. The number of hydrogen-bond acceptors (Lipinski definition) is 4. The Morgan fingerprint density at radius 2 is 1.93 bits per heavy atom. The third-order valence-corrected chi connectivity index (χ3v) is 5.67. The second-order valence-electron chi connectivity index (χ2n) is 8.75. The molecule has 1 amide bonds. The van der Waals surface area contributed by atoms with Crippen molar-refractivity contribution >= 4 is 11.7 Å². The van der Waals surface area contributed by atoms with Gasteiger partial charge in [0.25, 0.3) is 11.7 Å². The van der Waals surface area contributed by atoms with Crippen LogP contribution in [0.3, 0.4) is 0 Å². The first-order valence-corrected chi connectivity index (χ1v) is 9.85. The number of nitrogens with zero attached hydrogens (tertiary/aromatic N) is 5. The zero-order valence-corrected chi connectivity index (χ0v) is 17.2. The molecule has 2 aromatic heterocycles. The van der Waals surface area contributed by atoms with Crippen molar-refractivity contribution < 1.29 is 4.79 Å². The first-order chi connectivity index (χ1) is 13.3. The lowest BCUT2D eigenvalue weighted by molar-refractivity contribution is 0.0729. The van der Waals surface area contributed by atoms with Crippen LogP contribution in [-0.2, 0) is 5.41 Å². The van der Waals surface area contributed by atoms with Crippen molar-refractivity contribution in [3.8, 4) is 0 Å². The largest absolute Gasteiger partial charge is 0.330 e. The van der Waals surface area contributed by atoms with E-state index in [9.17, 15) is 4.79 Å². The minimum atomic E-state index is -0.178. The highest BCUT2D eigenvalue weighted by Gasteiger charge is 2.32. The molecule has 6 heteroatoms. The smallest absolute Gasteiger partial charge is 0.273 e. The maximum Gasteiger partial charge on any atom is 0.273 e. The van der Waals surface area contributed by atoms with Crippen LogP contribution >= 0.6 is 0 Å². The maximum absolute atomic E-state index is 13.4. The number of hydrogen-bond donors (Lipinski definition) is 0. The molecule has 3 aromatic rings. The van der Waals surface area contributed by atoms with Gasteiger partial charge in [-0.1, -0.05) is 39.0 Å². The molecule has 1 fully saturated rings. The Labute approximate surface area is 165 Å². The molecule has 4 rings (SSSR count). The molecule has 0 radical (unpaired) electrons. The van der Waals surface area contributed by atoms with Crippen LogP contribution in [0.25, 0.3) is 5.78 Å². The fourth-order valence-electron chi connectivity index (χ4n) is 3.93. The second kappa shape index (κ2) is 6.69. The van der Waals surface area contributed by atoms with Crippen molar-refractivity contribution in [3.63, 3.8) is 0 Å². The average molecular weight is 377 g/mol. The van der Waals surface area contributed by atoms with Gasteiger partial charge in [0.2, 0.25) is 0 Å². The zero-order chi connectivity index (χ0) is 20.1. The Morgan fingerprint density at radius 1 is 1.14 bits per heavy atom. The molecular weight excluding hydrogens is 350 g/mol. The van der Waals surface area contributed by atoms with Gasteiger partial charge in [0.1, 0.15) is 12.0 Å². The maximum atomic E-state index is 13.4. The first-order valence-electron chi connectivity index (χ1n) is 9.85. The summed E-state index contributed by atoms with van der Waals surface area (Å²) in [6.45, 7) is 11.3. The lowest BCUT2D eigenvalue weighted by atomic mass is 9.91. The Balaban J connectivity index is 1.73. The number of rotatable bonds is 2. The fraction of sp³-hybridized carbons (Fsp3) is 0.455. The highest BCUT2D eigenvalue weighted by atomic mass is 16.2. The summed E-state index contributed by atoms with van der Waals surface area (Å²) in [5.74, 6) is 0.439.